The summed E-state index contributed by atoms with van der Waals surface area (Å²) in [5, 5.41) is 16.1. The number of amides is 1. The topological polar surface area (TPSA) is 120 Å². The second-order valence-electron chi connectivity index (χ2n) is 7.42. The molecular formula is C25H18ClN3O6S. The van der Waals surface area contributed by atoms with Crippen LogP contribution in [-0.4, -0.2) is 29.1 Å². The first-order chi connectivity index (χ1) is 17.3. The predicted octanol–water partition coefficient (Wildman–Crippen LogP) is 5.60. The molecule has 0 aliphatic rings. The number of nitrogens with one attached hydrogen (secondary N) is 1. The van der Waals surface area contributed by atoms with Gasteiger partial charge in [0.25, 0.3) is 5.91 Å². The van der Waals surface area contributed by atoms with Gasteiger partial charge in [0.05, 0.1) is 16.2 Å². The lowest BCUT2D eigenvalue weighted by molar-refractivity contribution is -0.386. The maximum atomic E-state index is 12.7. The van der Waals surface area contributed by atoms with Crippen LogP contribution in [0.1, 0.15) is 22.2 Å². The quantitative estimate of drug-likeness (QED) is 0.105. The van der Waals surface area contributed by atoms with E-state index in [0.717, 1.165) is 10.1 Å². The van der Waals surface area contributed by atoms with E-state index in [1.165, 1.54) is 42.7 Å². The van der Waals surface area contributed by atoms with Crippen LogP contribution in [0.4, 0.5) is 5.69 Å². The Balaban J connectivity index is 1.37. The molecule has 1 amide bonds. The van der Waals surface area contributed by atoms with Gasteiger partial charge in [0, 0.05) is 16.2 Å². The number of nitro benzene ring substituents is 1. The number of carbonyl (C=O) groups is 2. The van der Waals surface area contributed by atoms with E-state index in [9.17, 15) is 19.7 Å². The van der Waals surface area contributed by atoms with Gasteiger partial charge in [-0.1, -0.05) is 54.1 Å². The zero-order valence-corrected chi connectivity index (χ0v) is 20.3. The number of ether oxygens (including phenoxy) is 2. The molecule has 1 aromatic heterocycles. The van der Waals surface area contributed by atoms with Crippen LogP contribution in [0, 0.1) is 10.1 Å². The van der Waals surface area contributed by atoms with Crippen molar-refractivity contribution in [1.29, 1.82) is 0 Å². The van der Waals surface area contributed by atoms with Crippen molar-refractivity contribution < 1.29 is 24.0 Å². The highest BCUT2D eigenvalue weighted by atomic mass is 35.5. The zero-order chi connectivity index (χ0) is 25.7. The van der Waals surface area contributed by atoms with Crippen molar-refractivity contribution in [3.8, 4) is 11.5 Å². The summed E-state index contributed by atoms with van der Waals surface area (Å²) < 4.78 is 11.8. The molecular weight excluding hydrogens is 506 g/mol. The standard InChI is InChI=1S/C25H18ClN3O6S/c1-15(34-20-11-4-3-10-19(20)29(32)33)24(30)28-27-14-16-7-6-8-17(13-16)35-25(31)23-22(26)18-9-2-5-12-21(18)36-23/h2-15H,1H3,(H,28,30)/b27-14-/t15-/m0/s1. The Labute approximate surface area is 214 Å². The maximum Gasteiger partial charge on any atom is 0.355 e. The van der Waals surface area contributed by atoms with Crippen molar-refractivity contribution in [3.05, 3.63) is 98.4 Å². The molecule has 1 atom stereocenters. The van der Waals surface area contributed by atoms with E-state index >= 15 is 0 Å². The van der Waals surface area contributed by atoms with Crippen LogP contribution < -0.4 is 14.9 Å². The second-order valence-corrected chi connectivity index (χ2v) is 8.85. The number of benzene rings is 3. The van der Waals surface area contributed by atoms with Crippen molar-refractivity contribution in [2.45, 2.75) is 13.0 Å². The molecule has 0 saturated heterocycles. The van der Waals surface area contributed by atoms with Crippen LogP contribution in [0.15, 0.2) is 77.9 Å². The van der Waals surface area contributed by atoms with E-state index in [2.05, 4.69) is 10.5 Å². The number of hydrogen-bond donors (Lipinski definition) is 1. The highest BCUT2D eigenvalue weighted by Crippen LogP contribution is 2.35. The Bertz CT molecular complexity index is 1490. The van der Waals surface area contributed by atoms with Crippen LogP contribution in [0.2, 0.25) is 5.02 Å². The number of esters is 1. The lowest BCUT2D eigenvalue weighted by atomic mass is 10.2. The van der Waals surface area contributed by atoms with Gasteiger partial charge in [-0.05, 0) is 36.8 Å². The van der Waals surface area contributed by atoms with E-state index in [1.54, 1.807) is 30.3 Å². The molecule has 0 aliphatic carbocycles. The van der Waals surface area contributed by atoms with Gasteiger partial charge in [0.15, 0.2) is 11.9 Å². The minimum Gasteiger partial charge on any atom is -0.474 e. The summed E-state index contributed by atoms with van der Waals surface area (Å²) in [4.78, 5) is 35.8. The molecule has 0 saturated carbocycles. The van der Waals surface area contributed by atoms with Gasteiger partial charge in [-0.3, -0.25) is 14.9 Å². The molecule has 3 aromatic carbocycles. The fourth-order valence-electron chi connectivity index (χ4n) is 3.17. The SMILES string of the molecule is C[C@H](Oc1ccccc1[N+](=O)[O-])C(=O)N/N=C\c1cccc(OC(=O)c2sc3ccccc3c2Cl)c1. The Hall–Kier alpha value is -4.28. The van der Waals surface area contributed by atoms with Crippen LogP contribution in [-0.2, 0) is 4.79 Å². The molecule has 1 N–H and O–H groups in total. The molecule has 11 heteroatoms. The van der Waals surface area contributed by atoms with Gasteiger partial charge in [-0.15, -0.1) is 11.3 Å². The predicted molar refractivity (Wildman–Crippen MR) is 137 cm³/mol. The summed E-state index contributed by atoms with van der Waals surface area (Å²) >= 11 is 7.60. The van der Waals surface area contributed by atoms with E-state index in [-0.39, 0.29) is 17.2 Å². The molecule has 0 spiro atoms. The Kier molecular flexibility index (Phi) is 7.57. The number of thiophene rings is 1. The Morgan fingerprint density at radius 1 is 1.11 bits per heavy atom. The summed E-state index contributed by atoms with van der Waals surface area (Å²) in [6.45, 7) is 1.45. The molecule has 36 heavy (non-hydrogen) atoms. The van der Waals surface area contributed by atoms with E-state index < -0.39 is 22.9 Å². The molecule has 9 nitrogen and oxygen atoms in total. The number of carbonyl (C=O) groups excluding carboxylic acids is 2. The summed E-state index contributed by atoms with van der Waals surface area (Å²) in [6.07, 6.45) is 0.320. The summed E-state index contributed by atoms with van der Waals surface area (Å²) in [5.74, 6) is -0.935. The molecule has 0 unspecified atom stereocenters. The smallest absolute Gasteiger partial charge is 0.355 e. The van der Waals surface area contributed by atoms with Gasteiger partial charge in [-0.2, -0.15) is 5.10 Å². The van der Waals surface area contributed by atoms with Gasteiger partial charge < -0.3 is 9.47 Å². The van der Waals surface area contributed by atoms with Crippen LogP contribution >= 0.6 is 22.9 Å². The van der Waals surface area contributed by atoms with Gasteiger partial charge in [0.1, 0.15) is 10.6 Å². The Morgan fingerprint density at radius 2 is 1.86 bits per heavy atom. The monoisotopic (exact) mass is 523 g/mol. The third-order valence-corrected chi connectivity index (χ3v) is 6.57. The maximum absolute atomic E-state index is 12.7. The van der Waals surface area contributed by atoms with E-state index in [1.807, 2.05) is 24.3 Å². The fraction of sp³-hybridized carbons (Fsp3) is 0.0800. The first kappa shape index (κ1) is 24.8. The van der Waals surface area contributed by atoms with E-state index in [4.69, 9.17) is 21.1 Å². The largest absolute Gasteiger partial charge is 0.474 e. The van der Waals surface area contributed by atoms with Crippen LogP contribution in [0.3, 0.4) is 0 Å². The number of para-hydroxylation sites is 2. The lowest BCUT2D eigenvalue weighted by Gasteiger charge is -2.12. The fourth-order valence-corrected chi connectivity index (χ4v) is 4.55. The number of fused-ring (bicyclic) bond motifs is 1. The number of hydrazone groups is 1. The first-order valence-electron chi connectivity index (χ1n) is 10.6. The van der Waals surface area contributed by atoms with Crippen molar-refractivity contribution in [1.82, 2.24) is 5.43 Å². The number of hydrogen-bond acceptors (Lipinski definition) is 8. The summed E-state index contributed by atoms with van der Waals surface area (Å²) in [7, 11) is 0. The normalized spacial score (nSPS) is 11.8. The second kappa shape index (κ2) is 11.0. The average Bonchev–Trinajstić information content (AvgIpc) is 3.21. The van der Waals surface area contributed by atoms with Gasteiger partial charge in [0.2, 0.25) is 0 Å². The molecule has 0 aliphatic heterocycles. The number of halogens is 1. The summed E-state index contributed by atoms with van der Waals surface area (Å²) in [6, 6.07) is 19.7. The van der Waals surface area contributed by atoms with Crippen molar-refractivity contribution in [2.75, 3.05) is 0 Å². The highest BCUT2D eigenvalue weighted by molar-refractivity contribution is 7.21. The van der Waals surface area contributed by atoms with Gasteiger partial charge >= 0.3 is 11.7 Å². The molecule has 0 fully saturated rings. The molecule has 0 radical (unpaired) electrons. The van der Waals surface area contributed by atoms with Crippen LogP contribution in [0.5, 0.6) is 11.5 Å². The summed E-state index contributed by atoms with van der Waals surface area (Å²) in [5.41, 5.74) is 2.63. The zero-order valence-electron chi connectivity index (χ0n) is 18.7. The van der Waals surface area contributed by atoms with Crippen molar-refractivity contribution in [3.63, 3.8) is 0 Å². The van der Waals surface area contributed by atoms with Crippen molar-refractivity contribution in [2.24, 2.45) is 5.10 Å². The highest BCUT2D eigenvalue weighted by Gasteiger charge is 2.21. The number of nitro groups is 1. The molecule has 0 bridgehead atoms. The minimum atomic E-state index is -1.04. The van der Waals surface area contributed by atoms with Crippen molar-refractivity contribution >= 4 is 56.8 Å². The minimum absolute atomic E-state index is 0.0256. The Morgan fingerprint density at radius 3 is 2.64 bits per heavy atom. The molecule has 4 aromatic rings. The number of nitrogens with zero attached hydrogens (tertiary/aromatic N) is 2. The van der Waals surface area contributed by atoms with Crippen LogP contribution in [0.25, 0.3) is 10.1 Å². The average molecular weight is 524 g/mol. The third-order valence-electron chi connectivity index (χ3n) is 4.91. The van der Waals surface area contributed by atoms with E-state index in [0.29, 0.717) is 15.5 Å². The lowest BCUT2D eigenvalue weighted by Crippen LogP contribution is -2.33. The number of rotatable bonds is 8. The molecule has 1 heterocycles. The first-order valence-corrected chi connectivity index (χ1v) is 11.7. The molecule has 4 rings (SSSR count). The molecule has 182 valence electrons. The third kappa shape index (κ3) is 5.68. The van der Waals surface area contributed by atoms with Gasteiger partial charge in [-0.25, -0.2) is 10.2 Å².